The fourth-order valence-electron chi connectivity index (χ4n) is 3.22. The zero-order chi connectivity index (χ0) is 19.2. The Morgan fingerprint density at radius 1 is 1.19 bits per heavy atom. The summed E-state index contributed by atoms with van der Waals surface area (Å²) in [6, 6.07) is 11.6. The monoisotopic (exact) mass is 368 g/mol. The van der Waals surface area contributed by atoms with E-state index in [4.69, 9.17) is 0 Å². The second-order valence-corrected chi connectivity index (χ2v) is 6.78. The van der Waals surface area contributed by atoms with Gasteiger partial charge in [0, 0.05) is 60.1 Å². The van der Waals surface area contributed by atoms with Crippen LogP contribution in [0.25, 0.3) is 0 Å². The molecule has 27 heavy (non-hydrogen) atoms. The van der Waals surface area contributed by atoms with Gasteiger partial charge in [0.15, 0.2) is 5.96 Å². The Kier molecular flexibility index (Phi) is 6.01. The summed E-state index contributed by atoms with van der Waals surface area (Å²) in [6.45, 7) is 4.10. The van der Waals surface area contributed by atoms with Gasteiger partial charge in [0.2, 0.25) is 0 Å². The Labute approximate surface area is 161 Å². The van der Waals surface area contributed by atoms with Crippen molar-refractivity contribution in [1.29, 1.82) is 0 Å². The van der Waals surface area contributed by atoms with Crippen LogP contribution in [0.4, 0.5) is 11.5 Å². The second-order valence-electron chi connectivity index (χ2n) is 6.78. The number of aromatic nitrogens is 1. The lowest BCUT2D eigenvalue weighted by molar-refractivity contribution is 0.369. The van der Waals surface area contributed by atoms with Crippen LogP contribution in [0.3, 0.4) is 0 Å². The minimum absolute atomic E-state index is 0.336. The number of rotatable bonds is 4. The smallest absolute Gasteiger partial charge is 0.194 e. The Hall–Kier alpha value is -2.96. The Morgan fingerprint density at radius 3 is 2.59 bits per heavy atom. The van der Waals surface area contributed by atoms with E-state index in [0.717, 1.165) is 43.6 Å². The van der Waals surface area contributed by atoms with E-state index in [-0.39, 0.29) is 0 Å². The molecule has 0 aliphatic carbocycles. The molecule has 7 heteroatoms. The van der Waals surface area contributed by atoms with Gasteiger partial charge in [0.05, 0.1) is 5.69 Å². The number of nitrogens with zero attached hydrogens (tertiary/aromatic N) is 5. The zero-order valence-corrected chi connectivity index (χ0v) is 16.3. The molecule has 1 aliphatic heterocycles. The van der Waals surface area contributed by atoms with Gasteiger partial charge < -0.3 is 25.1 Å². The molecule has 1 fully saturated rings. The molecule has 2 aromatic rings. The largest absolute Gasteiger partial charge is 0.506 e. The van der Waals surface area contributed by atoms with Crippen molar-refractivity contribution in [3.8, 4) is 5.75 Å². The number of aliphatic imine (C=N–C) groups is 1. The quantitative estimate of drug-likeness (QED) is 0.633. The summed E-state index contributed by atoms with van der Waals surface area (Å²) in [4.78, 5) is 15.3. The van der Waals surface area contributed by atoms with E-state index in [1.807, 2.05) is 56.5 Å². The van der Waals surface area contributed by atoms with Crippen molar-refractivity contribution in [3.05, 3.63) is 48.2 Å². The molecule has 0 radical (unpaired) electrons. The van der Waals surface area contributed by atoms with Crippen molar-refractivity contribution < 1.29 is 5.11 Å². The number of piperazine rings is 1. The molecule has 0 saturated carbocycles. The van der Waals surface area contributed by atoms with Crippen LogP contribution in [0.2, 0.25) is 0 Å². The van der Waals surface area contributed by atoms with Crippen molar-refractivity contribution in [2.24, 2.45) is 4.99 Å². The second kappa shape index (κ2) is 8.62. The number of phenols is 1. The molecule has 144 valence electrons. The minimum Gasteiger partial charge on any atom is -0.506 e. The summed E-state index contributed by atoms with van der Waals surface area (Å²) in [6.07, 6.45) is 1.83. The highest BCUT2D eigenvalue weighted by Crippen LogP contribution is 2.27. The molecule has 7 nitrogen and oxygen atoms in total. The van der Waals surface area contributed by atoms with Crippen molar-refractivity contribution in [3.63, 3.8) is 0 Å². The van der Waals surface area contributed by atoms with Crippen LogP contribution in [0, 0.1) is 0 Å². The van der Waals surface area contributed by atoms with Gasteiger partial charge >= 0.3 is 0 Å². The van der Waals surface area contributed by atoms with E-state index in [1.54, 1.807) is 6.07 Å². The molecule has 0 unspecified atom stereocenters. The number of guanidine groups is 1. The van der Waals surface area contributed by atoms with Crippen LogP contribution >= 0.6 is 0 Å². The molecule has 2 N–H and O–H groups in total. The molecule has 0 amide bonds. The van der Waals surface area contributed by atoms with E-state index in [9.17, 15) is 5.11 Å². The van der Waals surface area contributed by atoms with Crippen LogP contribution in [-0.2, 0) is 6.54 Å². The first-order valence-electron chi connectivity index (χ1n) is 9.19. The fraction of sp³-hybridized carbons (Fsp3) is 0.400. The van der Waals surface area contributed by atoms with E-state index in [1.165, 1.54) is 5.56 Å². The molecule has 1 aromatic carbocycles. The lowest BCUT2D eigenvalue weighted by Crippen LogP contribution is -2.52. The van der Waals surface area contributed by atoms with Crippen LogP contribution < -0.4 is 15.1 Å². The minimum atomic E-state index is 0.336. The number of para-hydroxylation sites is 2. The van der Waals surface area contributed by atoms with E-state index in [0.29, 0.717) is 12.3 Å². The number of phenolic OH excluding ortho intramolecular Hbond substituents is 1. The van der Waals surface area contributed by atoms with Gasteiger partial charge in [-0.2, -0.15) is 0 Å². The maximum atomic E-state index is 10.1. The van der Waals surface area contributed by atoms with Crippen molar-refractivity contribution in [2.75, 3.05) is 57.1 Å². The summed E-state index contributed by atoms with van der Waals surface area (Å²) in [5.74, 6) is 2.18. The summed E-state index contributed by atoms with van der Waals surface area (Å²) in [5.41, 5.74) is 2.07. The lowest BCUT2D eigenvalue weighted by atomic mass is 10.2. The van der Waals surface area contributed by atoms with Crippen LogP contribution in [-0.4, -0.2) is 68.3 Å². The third-order valence-corrected chi connectivity index (χ3v) is 4.73. The molecule has 1 aliphatic rings. The number of pyridine rings is 1. The van der Waals surface area contributed by atoms with Crippen LogP contribution in [0.1, 0.15) is 5.56 Å². The van der Waals surface area contributed by atoms with Crippen LogP contribution in [0.15, 0.2) is 47.6 Å². The third-order valence-electron chi connectivity index (χ3n) is 4.73. The number of nitrogens with one attached hydrogen (secondary N) is 1. The van der Waals surface area contributed by atoms with Gasteiger partial charge in [0.1, 0.15) is 11.6 Å². The van der Waals surface area contributed by atoms with E-state index < -0.39 is 0 Å². The average molecular weight is 368 g/mol. The fourth-order valence-corrected chi connectivity index (χ4v) is 3.22. The number of hydrogen-bond acceptors (Lipinski definition) is 5. The first kappa shape index (κ1) is 18.8. The van der Waals surface area contributed by atoms with Gasteiger partial charge in [-0.3, -0.25) is 4.99 Å². The Balaban J connectivity index is 1.56. The highest BCUT2D eigenvalue weighted by atomic mass is 16.3. The van der Waals surface area contributed by atoms with Crippen molar-refractivity contribution >= 4 is 17.5 Å². The standard InChI is InChI=1S/C20H28N6O/c1-21-20(23-15-16-8-9-22-19(14-16)24(2)3)26-12-10-25(11-13-26)17-6-4-5-7-18(17)27/h4-9,14,27H,10-13,15H2,1-3H3,(H,21,23). The predicted molar refractivity (Wildman–Crippen MR) is 111 cm³/mol. The normalized spacial score (nSPS) is 15.0. The van der Waals surface area contributed by atoms with Gasteiger partial charge in [0.25, 0.3) is 0 Å². The predicted octanol–water partition coefficient (Wildman–Crippen LogP) is 1.75. The molecule has 3 rings (SSSR count). The Bertz CT molecular complexity index is 784. The van der Waals surface area contributed by atoms with Crippen molar-refractivity contribution in [2.45, 2.75) is 6.54 Å². The van der Waals surface area contributed by atoms with Gasteiger partial charge in [-0.15, -0.1) is 0 Å². The number of benzene rings is 1. The molecular weight excluding hydrogens is 340 g/mol. The molecule has 0 atom stereocenters. The van der Waals surface area contributed by atoms with Gasteiger partial charge in [-0.25, -0.2) is 4.98 Å². The maximum absolute atomic E-state index is 10.1. The maximum Gasteiger partial charge on any atom is 0.194 e. The molecule has 0 bridgehead atoms. The highest BCUT2D eigenvalue weighted by Gasteiger charge is 2.21. The number of aromatic hydroxyl groups is 1. The topological polar surface area (TPSA) is 67.2 Å². The van der Waals surface area contributed by atoms with Gasteiger partial charge in [-0.1, -0.05) is 12.1 Å². The third kappa shape index (κ3) is 4.61. The summed E-state index contributed by atoms with van der Waals surface area (Å²) in [5, 5.41) is 13.5. The number of hydrogen-bond donors (Lipinski definition) is 2. The molecular formula is C20H28N6O. The number of anilines is 2. The van der Waals surface area contributed by atoms with Gasteiger partial charge in [-0.05, 0) is 29.8 Å². The summed E-state index contributed by atoms with van der Waals surface area (Å²) >= 11 is 0. The highest BCUT2D eigenvalue weighted by molar-refractivity contribution is 5.80. The summed E-state index contributed by atoms with van der Waals surface area (Å²) < 4.78 is 0. The summed E-state index contributed by atoms with van der Waals surface area (Å²) in [7, 11) is 5.79. The SMILES string of the molecule is CN=C(NCc1ccnc(N(C)C)c1)N1CCN(c2ccccc2O)CC1. The van der Waals surface area contributed by atoms with E-state index in [2.05, 4.69) is 31.2 Å². The Morgan fingerprint density at radius 2 is 1.93 bits per heavy atom. The molecule has 1 saturated heterocycles. The van der Waals surface area contributed by atoms with Crippen LogP contribution in [0.5, 0.6) is 5.75 Å². The average Bonchev–Trinajstić information content (AvgIpc) is 2.69. The molecule has 0 spiro atoms. The van der Waals surface area contributed by atoms with E-state index >= 15 is 0 Å². The first-order chi connectivity index (χ1) is 13.1. The molecule has 2 heterocycles. The first-order valence-corrected chi connectivity index (χ1v) is 9.19. The molecule has 1 aromatic heterocycles. The van der Waals surface area contributed by atoms with Crippen molar-refractivity contribution in [1.82, 2.24) is 15.2 Å². The zero-order valence-electron chi connectivity index (χ0n) is 16.3. The lowest BCUT2D eigenvalue weighted by Gasteiger charge is -2.37.